The van der Waals surface area contributed by atoms with Crippen molar-refractivity contribution in [1.29, 1.82) is 0 Å². The van der Waals surface area contributed by atoms with Crippen LogP contribution in [0.25, 0.3) is 0 Å². The van der Waals surface area contributed by atoms with Gasteiger partial charge in [0.15, 0.2) is 0 Å². The van der Waals surface area contributed by atoms with Crippen molar-refractivity contribution >= 4 is 5.91 Å². The predicted octanol–water partition coefficient (Wildman–Crippen LogP) is 15.7. The Kier molecular flexibility index (Phi) is 45.8. The minimum absolute atomic E-state index is 0.0587. The first-order chi connectivity index (χ1) is 27.2. The zero-order valence-electron chi connectivity index (χ0n) is 37.2. The standard InChI is InChI=1S/C51H97NO3/c1-3-5-7-9-11-13-15-17-18-19-20-21-22-23-24-25-26-27-28-29-30-31-32-33-35-36-38-40-42-44-46-50(54)49(48-53)52-51(55)47-45-43-41-39-37-34-16-14-12-10-8-6-4-2/h6,8,12,14,34,37,49-50,53-54H,3-5,7,9-11,13,15-33,35-36,38-48H2,1-2H3,(H,52,55)/b8-6-,14-12-,37-34-. The van der Waals surface area contributed by atoms with E-state index in [0.717, 1.165) is 57.8 Å². The van der Waals surface area contributed by atoms with Crippen LogP contribution in [0.4, 0.5) is 0 Å². The molecule has 3 N–H and O–H groups in total. The van der Waals surface area contributed by atoms with Gasteiger partial charge in [-0.3, -0.25) is 4.79 Å². The molecule has 2 atom stereocenters. The van der Waals surface area contributed by atoms with E-state index in [1.165, 1.54) is 180 Å². The lowest BCUT2D eigenvalue weighted by Gasteiger charge is -2.22. The first-order valence-electron chi connectivity index (χ1n) is 24.7. The molecule has 0 radical (unpaired) electrons. The van der Waals surface area contributed by atoms with Gasteiger partial charge >= 0.3 is 0 Å². The summed E-state index contributed by atoms with van der Waals surface area (Å²) in [4.78, 5) is 12.4. The minimum Gasteiger partial charge on any atom is -0.394 e. The fraction of sp³-hybridized carbons (Fsp3) is 0.863. The summed E-state index contributed by atoms with van der Waals surface area (Å²) in [5.74, 6) is -0.0587. The topological polar surface area (TPSA) is 69.6 Å². The van der Waals surface area contributed by atoms with E-state index in [1.807, 2.05) is 0 Å². The van der Waals surface area contributed by atoms with Gasteiger partial charge in [0.25, 0.3) is 0 Å². The van der Waals surface area contributed by atoms with Crippen LogP contribution in [0.3, 0.4) is 0 Å². The van der Waals surface area contributed by atoms with Gasteiger partial charge in [-0.25, -0.2) is 0 Å². The van der Waals surface area contributed by atoms with E-state index >= 15 is 0 Å². The maximum Gasteiger partial charge on any atom is 0.220 e. The average molecular weight is 772 g/mol. The molecule has 0 aliphatic rings. The van der Waals surface area contributed by atoms with Crippen LogP contribution in [0.1, 0.15) is 264 Å². The monoisotopic (exact) mass is 772 g/mol. The van der Waals surface area contributed by atoms with E-state index in [0.29, 0.717) is 12.8 Å². The summed E-state index contributed by atoms with van der Waals surface area (Å²) in [6.07, 6.45) is 62.7. The molecule has 2 unspecified atom stereocenters. The third-order valence-corrected chi connectivity index (χ3v) is 11.4. The van der Waals surface area contributed by atoms with Gasteiger partial charge in [-0.15, -0.1) is 0 Å². The van der Waals surface area contributed by atoms with Gasteiger partial charge in [-0.1, -0.05) is 249 Å². The normalized spacial score (nSPS) is 13.2. The van der Waals surface area contributed by atoms with Crippen LogP contribution in [0.15, 0.2) is 36.5 Å². The largest absolute Gasteiger partial charge is 0.394 e. The molecule has 1 amide bonds. The van der Waals surface area contributed by atoms with E-state index < -0.39 is 12.1 Å². The Morgan fingerprint density at radius 3 is 1.18 bits per heavy atom. The number of rotatable bonds is 45. The molecule has 4 heteroatoms. The molecular formula is C51H97NO3. The molecule has 4 nitrogen and oxygen atoms in total. The fourth-order valence-corrected chi connectivity index (χ4v) is 7.67. The zero-order chi connectivity index (χ0) is 40.0. The summed E-state index contributed by atoms with van der Waals surface area (Å²) in [6.45, 7) is 4.24. The molecule has 0 spiro atoms. The molecule has 0 rings (SSSR count). The van der Waals surface area contributed by atoms with Crippen LogP contribution in [0.5, 0.6) is 0 Å². The highest BCUT2D eigenvalue weighted by molar-refractivity contribution is 5.76. The molecule has 0 bridgehead atoms. The Labute approximate surface area is 344 Å². The number of amides is 1. The SMILES string of the molecule is CC/C=C\C/C=C\C/C=C\CCCCCC(=O)NC(CO)C(O)CCCCCCCCCCCCCCCCCCCCCCCCCCCCCCCC. The molecule has 0 aromatic carbocycles. The Morgan fingerprint density at radius 1 is 0.455 bits per heavy atom. The predicted molar refractivity (Wildman–Crippen MR) is 244 cm³/mol. The molecule has 0 fully saturated rings. The van der Waals surface area contributed by atoms with Gasteiger partial charge in [0.05, 0.1) is 18.8 Å². The molecule has 0 saturated carbocycles. The lowest BCUT2D eigenvalue weighted by molar-refractivity contribution is -0.123. The van der Waals surface area contributed by atoms with Gasteiger partial charge in [0, 0.05) is 6.42 Å². The van der Waals surface area contributed by atoms with Crippen molar-refractivity contribution in [3.63, 3.8) is 0 Å². The molecule has 324 valence electrons. The number of carbonyl (C=O) groups excluding carboxylic acids is 1. The highest BCUT2D eigenvalue weighted by Gasteiger charge is 2.20. The number of hydrogen-bond donors (Lipinski definition) is 3. The summed E-state index contributed by atoms with van der Waals surface area (Å²) in [6, 6.07) is -0.551. The van der Waals surface area contributed by atoms with Crippen LogP contribution in [-0.4, -0.2) is 34.9 Å². The first-order valence-corrected chi connectivity index (χ1v) is 24.7. The van der Waals surface area contributed by atoms with Crippen LogP contribution in [-0.2, 0) is 4.79 Å². The Balaban J connectivity index is 3.42. The van der Waals surface area contributed by atoms with Crippen molar-refractivity contribution in [3.8, 4) is 0 Å². The van der Waals surface area contributed by atoms with E-state index in [9.17, 15) is 15.0 Å². The average Bonchev–Trinajstić information content (AvgIpc) is 3.19. The van der Waals surface area contributed by atoms with Crippen LogP contribution >= 0.6 is 0 Å². The number of allylic oxidation sites excluding steroid dienone is 6. The second kappa shape index (κ2) is 47.0. The zero-order valence-corrected chi connectivity index (χ0v) is 37.2. The van der Waals surface area contributed by atoms with E-state index in [4.69, 9.17) is 0 Å². The second-order valence-corrected chi connectivity index (χ2v) is 16.9. The summed E-state index contributed by atoms with van der Waals surface area (Å²) < 4.78 is 0. The first kappa shape index (κ1) is 53.6. The molecule has 0 aromatic heterocycles. The van der Waals surface area contributed by atoms with Crippen molar-refractivity contribution in [2.24, 2.45) is 0 Å². The lowest BCUT2D eigenvalue weighted by atomic mass is 10.0. The maximum absolute atomic E-state index is 12.4. The molecular weight excluding hydrogens is 675 g/mol. The summed E-state index contributed by atoms with van der Waals surface area (Å²) in [5, 5.41) is 23.2. The number of unbranched alkanes of at least 4 members (excludes halogenated alkanes) is 32. The highest BCUT2D eigenvalue weighted by atomic mass is 16.3. The van der Waals surface area contributed by atoms with E-state index in [2.05, 4.69) is 55.6 Å². The van der Waals surface area contributed by atoms with E-state index in [-0.39, 0.29) is 12.5 Å². The fourth-order valence-electron chi connectivity index (χ4n) is 7.67. The summed E-state index contributed by atoms with van der Waals surface area (Å²) in [5.41, 5.74) is 0. The van der Waals surface area contributed by atoms with Gasteiger partial charge in [-0.05, 0) is 44.9 Å². The van der Waals surface area contributed by atoms with Crippen molar-refractivity contribution < 1.29 is 15.0 Å². The Morgan fingerprint density at radius 2 is 0.800 bits per heavy atom. The molecule has 0 aromatic rings. The number of hydrogen-bond acceptors (Lipinski definition) is 3. The van der Waals surface area contributed by atoms with Crippen LogP contribution in [0, 0.1) is 0 Å². The van der Waals surface area contributed by atoms with Gasteiger partial charge in [0.2, 0.25) is 5.91 Å². The Hall–Kier alpha value is -1.39. The van der Waals surface area contributed by atoms with Gasteiger partial charge in [0.1, 0.15) is 0 Å². The summed E-state index contributed by atoms with van der Waals surface area (Å²) in [7, 11) is 0. The third kappa shape index (κ3) is 43.6. The van der Waals surface area contributed by atoms with Crippen molar-refractivity contribution in [3.05, 3.63) is 36.5 Å². The Bertz CT molecular complexity index is 836. The van der Waals surface area contributed by atoms with Crippen LogP contribution < -0.4 is 5.32 Å². The number of aliphatic hydroxyl groups excluding tert-OH is 2. The van der Waals surface area contributed by atoms with Crippen LogP contribution in [0.2, 0.25) is 0 Å². The van der Waals surface area contributed by atoms with Gasteiger partial charge < -0.3 is 15.5 Å². The lowest BCUT2D eigenvalue weighted by Crippen LogP contribution is -2.45. The smallest absolute Gasteiger partial charge is 0.220 e. The highest BCUT2D eigenvalue weighted by Crippen LogP contribution is 2.17. The summed E-state index contributed by atoms with van der Waals surface area (Å²) >= 11 is 0. The number of aliphatic hydroxyl groups is 2. The number of nitrogens with one attached hydrogen (secondary N) is 1. The van der Waals surface area contributed by atoms with Crippen molar-refractivity contribution in [2.75, 3.05) is 6.61 Å². The van der Waals surface area contributed by atoms with Crippen molar-refractivity contribution in [2.45, 2.75) is 276 Å². The molecule has 0 heterocycles. The molecule has 55 heavy (non-hydrogen) atoms. The third-order valence-electron chi connectivity index (χ3n) is 11.4. The van der Waals surface area contributed by atoms with Crippen molar-refractivity contribution in [1.82, 2.24) is 5.32 Å². The maximum atomic E-state index is 12.4. The quantitative estimate of drug-likeness (QED) is 0.0426. The minimum atomic E-state index is -0.672. The van der Waals surface area contributed by atoms with E-state index in [1.54, 1.807) is 0 Å². The van der Waals surface area contributed by atoms with Gasteiger partial charge in [-0.2, -0.15) is 0 Å². The second-order valence-electron chi connectivity index (χ2n) is 16.9. The molecule has 0 aliphatic carbocycles. The number of carbonyl (C=O) groups is 1. The molecule has 0 saturated heterocycles. The molecule has 0 aliphatic heterocycles.